The van der Waals surface area contributed by atoms with Gasteiger partial charge in [-0.1, -0.05) is 37.1 Å². The molecule has 0 aromatic heterocycles. The van der Waals surface area contributed by atoms with E-state index < -0.39 is 0 Å². The van der Waals surface area contributed by atoms with E-state index in [1.807, 2.05) is 47.4 Å². The summed E-state index contributed by atoms with van der Waals surface area (Å²) in [5.41, 5.74) is 2.00. The second-order valence-corrected chi connectivity index (χ2v) is 7.14. The van der Waals surface area contributed by atoms with Crippen LogP contribution >= 0.6 is 0 Å². The third kappa shape index (κ3) is 3.87. The van der Waals surface area contributed by atoms with Crippen LogP contribution in [0.15, 0.2) is 42.5 Å². The summed E-state index contributed by atoms with van der Waals surface area (Å²) in [6.45, 7) is 0.854. The zero-order chi connectivity index (χ0) is 18.6. The van der Waals surface area contributed by atoms with E-state index in [0.29, 0.717) is 19.0 Å². The highest BCUT2D eigenvalue weighted by Gasteiger charge is 2.28. The fourth-order valence-electron chi connectivity index (χ4n) is 3.99. The van der Waals surface area contributed by atoms with Gasteiger partial charge in [0.15, 0.2) is 11.5 Å². The molecule has 1 aliphatic carbocycles. The Morgan fingerprint density at radius 1 is 1.11 bits per heavy atom. The molecule has 1 heterocycles. The van der Waals surface area contributed by atoms with Crippen LogP contribution in [0, 0.1) is 0 Å². The lowest BCUT2D eigenvalue weighted by Crippen LogP contribution is -2.39. The SMILES string of the molecule is COc1ccccc1CC(=O)N(Cc1ccc2c(c1)OCO2)C1CCCC1. The van der Waals surface area contributed by atoms with Crippen molar-refractivity contribution < 1.29 is 19.0 Å². The number of hydrogen-bond donors (Lipinski definition) is 0. The number of hydrogen-bond acceptors (Lipinski definition) is 4. The van der Waals surface area contributed by atoms with Gasteiger partial charge in [0.2, 0.25) is 12.7 Å². The lowest BCUT2D eigenvalue weighted by Gasteiger charge is -2.29. The van der Waals surface area contributed by atoms with Gasteiger partial charge in [-0.25, -0.2) is 0 Å². The van der Waals surface area contributed by atoms with E-state index in [9.17, 15) is 4.79 Å². The van der Waals surface area contributed by atoms with Gasteiger partial charge in [-0.15, -0.1) is 0 Å². The van der Waals surface area contributed by atoms with E-state index >= 15 is 0 Å². The maximum atomic E-state index is 13.2. The predicted molar refractivity (Wildman–Crippen MR) is 102 cm³/mol. The Balaban J connectivity index is 1.54. The van der Waals surface area contributed by atoms with E-state index in [4.69, 9.17) is 14.2 Å². The fourth-order valence-corrected chi connectivity index (χ4v) is 3.99. The number of fused-ring (bicyclic) bond motifs is 1. The molecule has 1 saturated carbocycles. The van der Waals surface area contributed by atoms with Gasteiger partial charge in [0.05, 0.1) is 13.5 Å². The highest BCUT2D eigenvalue weighted by Crippen LogP contribution is 2.34. The number of carbonyl (C=O) groups excluding carboxylic acids is 1. The predicted octanol–water partition coefficient (Wildman–Crippen LogP) is 3.94. The summed E-state index contributed by atoms with van der Waals surface area (Å²) in [6, 6.07) is 14.0. The highest BCUT2D eigenvalue weighted by molar-refractivity contribution is 5.80. The van der Waals surface area contributed by atoms with Crippen LogP contribution in [0.25, 0.3) is 0 Å². The number of nitrogens with zero attached hydrogens (tertiary/aromatic N) is 1. The van der Waals surface area contributed by atoms with Crippen LogP contribution in [0.4, 0.5) is 0 Å². The molecule has 2 aliphatic rings. The Morgan fingerprint density at radius 2 is 1.89 bits per heavy atom. The first kappa shape index (κ1) is 17.7. The Bertz CT molecular complexity index is 814. The molecule has 27 heavy (non-hydrogen) atoms. The lowest BCUT2D eigenvalue weighted by atomic mass is 10.1. The van der Waals surface area contributed by atoms with Crippen molar-refractivity contribution in [1.29, 1.82) is 0 Å². The molecular formula is C22H25NO4. The zero-order valence-corrected chi connectivity index (χ0v) is 15.6. The second kappa shape index (κ2) is 7.91. The quantitative estimate of drug-likeness (QED) is 0.776. The van der Waals surface area contributed by atoms with Crippen LogP contribution in [0.1, 0.15) is 36.8 Å². The second-order valence-electron chi connectivity index (χ2n) is 7.14. The minimum absolute atomic E-state index is 0.143. The Labute approximate surface area is 159 Å². The van der Waals surface area contributed by atoms with Crippen molar-refractivity contribution in [2.45, 2.75) is 44.7 Å². The summed E-state index contributed by atoms with van der Waals surface area (Å²) in [4.78, 5) is 15.3. The maximum absolute atomic E-state index is 13.2. The molecule has 1 amide bonds. The molecule has 5 nitrogen and oxygen atoms in total. The smallest absolute Gasteiger partial charge is 0.231 e. The zero-order valence-electron chi connectivity index (χ0n) is 15.6. The van der Waals surface area contributed by atoms with Gasteiger partial charge in [-0.3, -0.25) is 4.79 Å². The monoisotopic (exact) mass is 367 g/mol. The number of rotatable bonds is 6. The van der Waals surface area contributed by atoms with Crippen molar-refractivity contribution in [2.75, 3.05) is 13.9 Å². The first-order valence-corrected chi connectivity index (χ1v) is 9.54. The maximum Gasteiger partial charge on any atom is 0.231 e. The Kier molecular flexibility index (Phi) is 5.19. The number of para-hydroxylation sites is 1. The van der Waals surface area contributed by atoms with Crippen LogP contribution < -0.4 is 14.2 Å². The molecule has 0 N–H and O–H groups in total. The fraction of sp³-hybridized carbons (Fsp3) is 0.409. The van der Waals surface area contributed by atoms with Gasteiger partial charge >= 0.3 is 0 Å². The van der Waals surface area contributed by atoms with Crippen molar-refractivity contribution in [3.8, 4) is 17.2 Å². The molecule has 1 aliphatic heterocycles. The van der Waals surface area contributed by atoms with Gasteiger partial charge in [0.25, 0.3) is 0 Å². The van der Waals surface area contributed by atoms with E-state index in [-0.39, 0.29) is 12.7 Å². The minimum atomic E-state index is 0.143. The molecule has 5 heteroatoms. The van der Waals surface area contributed by atoms with Crippen molar-refractivity contribution >= 4 is 5.91 Å². The largest absolute Gasteiger partial charge is 0.496 e. The average molecular weight is 367 g/mol. The summed E-state index contributed by atoms with van der Waals surface area (Å²) in [6.07, 6.45) is 4.87. The van der Waals surface area contributed by atoms with Crippen LogP contribution in [-0.4, -0.2) is 30.8 Å². The molecule has 0 saturated heterocycles. The topological polar surface area (TPSA) is 48.0 Å². The van der Waals surface area contributed by atoms with Gasteiger partial charge in [-0.2, -0.15) is 0 Å². The molecule has 0 radical (unpaired) electrons. The van der Waals surface area contributed by atoms with E-state index in [1.54, 1.807) is 7.11 Å². The standard InChI is InChI=1S/C22H25NO4/c1-25-19-9-5-2-6-17(19)13-22(24)23(18-7-3-4-8-18)14-16-10-11-20-21(12-16)27-15-26-20/h2,5-6,9-12,18H,3-4,7-8,13-15H2,1H3. The minimum Gasteiger partial charge on any atom is -0.496 e. The Morgan fingerprint density at radius 3 is 2.70 bits per heavy atom. The van der Waals surface area contributed by atoms with Crippen molar-refractivity contribution in [2.24, 2.45) is 0 Å². The number of methoxy groups -OCH3 is 1. The summed E-state index contributed by atoms with van der Waals surface area (Å²) in [5.74, 6) is 2.44. The Hall–Kier alpha value is -2.69. The van der Waals surface area contributed by atoms with Crippen molar-refractivity contribution in [3.63, 3.8) is 0 Å². The summed E-state index contributed by atoms with van der Waals surface area (Å²) in [7, 11) is 1.64. The van der Waals surface area contributed by atoms with Gasteiger partial charge in [0.1, 0.15) is 5.75 Å². The van der Waals surface area contributed by atoms with Gasteiger partial charge in [-0.05, 0) is 36.6 Å². The van der Waals surface area contributed by atoms with Crippen molar-refractivity contribution in [1.82, 2.24) is 4.90 Å². The van der Waals surface area contributed by atoms with Crippen molar-refractivity contribution in [3.05, 3.63) is 53.6 Å². The third-order valence-corrected chi connectivity index (χ3v) is 5.41. The molecule has 2 aromatic carbocycles. The van der Waals surface area contributed by atoms with E-state index in [2.05, 4.69) is 0 Å². The van der Waals surface area contributed by atoms with Crippen LogP contribution in [0.5, 0.6) is 17.2 Å². The van der Waals surface area contributed by atoms with Gasteiger partial charge < -0.3 is 19.1 Å². The van der Waals surface area contributed by atoms with Crippen LogP contribution in [-0.2, 0) is 17.8 Å². The van der Waals surface area contributed by atoms with E-state index in [0.717, 1.165) is 41.2 Å². The van der Waals surface area contributed by atoms with Gasteiger partial charge in [0, 0.05) is 18.2 Å². The van der Waals surface area contributed by atoms with Crippen LogP contribution in [0.3, 0.4) is 0 Å². The molecule has 2 aromatic rings. The summed E-state index contributed by atoms with van der Waals surface area (Å²) >= 11 is 0. The number of ether oxygens (including phenoxy) is 3. The molecule has 4 rings (SSSR count). The molecule has 0 spiro atoms. The van der Waals surface area contributed by atoms with Crippen LogP contribution in [0.2, 0.25) is 0 Å². The lowest BCUT2D eigenvalue weighted by molar-refractivity contribution is -0.133. The van der Waals surface area contributed by atoms with E-state index in [1.165, 1.54) is 12.8 Å². The molecule has 0 unspecified atom stereocenters. The highest BCUT2D eigenvalue weighted by atomic mass is 16.7. The summed E-state index contributed by atoms with van der Waals surface area (Å²) in [5, 5.41) is 0. The first-order chi connectivity index (χ1) is 13.2. The number of carbonyl (C=O) groups is 1. The third-order valence-electron chi connectivity index (χ3n) is 5.41. The molecule has 1 fully saturated rings. The number of amides is 1. The molecule has 142 valence electrons. The number of benzene rings is 2. The molecule has 0 atom stereocenters. The average Bonchev–Trinajstić information content (AvgIpc) is 3.37. The molecule has 0 bridgehead atoms. The normalized spacial score (nSPS) is 15.7. The first-order valence-electron chi connectivity index (χ1n) is 9.54. The summed E-state index contributed by atoms with van der Waals surface area (Å²) < 4.78 is 16.3. The molecular weight excluding hydrogens is 342 g/mol.